The van der Waals surface area contributed by atoms with E-state index in [1.54, 1.807) is 52.8 Å². The summed E-state index contributed by atoms with van der Waals surface area (Å²) in [4.78, 5) is 77.6. The van der Waals surface area contributed by atoms with E-state index in [0.29, 0.717) is 5.56 Å². The largest absolute Gasteiger partial charge is 0.462 e. The van der Waals surface area contributed by atoms with Gasteiger partial charge in [-0.3, -0.25) is 14.4 Å². The summed E-state index contributed by atoms with van der Waals surface area (Å²) in [5, 5.41) is 25.7. The van der Waals surface area contributed by atoms with Crippen LogP contribution in [-0.2, 0) is 52.4 Å². The Balaban J connectivity index is 1.12. The third kappa shape index (κ3) is 10.8. The lowest BCUT2D eigenvalue weighted by molar-refractivity contribution is -0.209. The lowest BCUT2D eigenvalue weighted by Gasteiger charge is -2.31. The average molecular weight is 825 g/mol. The van der Waals surface area contributed by atoms with Crippen molar-refractivity contribution in [2.45, 2.75) is 140 Å². The van der Waals surface area contributed by atoms with E-state index < -0.39 is 102 Å². The van der Waals surface area contributed by atoms with Crippen LogP contribution in [-0.4, -0.2) is 113 Å². The van der Waals surface area contributed by atoms with Crippen molar-refractivity contribution in [1.29, 1.82) is 0 Å². The van der Waals surface area contributed by atoms with E-state index in [9.17, 15) is 39.0 Å². The lowest BCUT2D eigenvalue weighted by Crippen LogP contribution is -2.55. The predicted molar refractivity (Wildman–Crippen MR) is 208 cm³/mol. The summed E-state index contributed by atoms with van der Waals surface area (Å²) in [7, 11) is 0. The van der Waals surface area contributed by atoms with Crippen LogP contribution >= 0.6 is 0 Å². The maximum Gasteiger partial charge on any atom is 0.348 e. The normalized spacial score (nSPS) is 26.1. The number of aliphatic hydroxyl groups excluding tert-OH is 2. The van der Waals surface area contributed by atoms with Gasteiger partial charge in [0.15, 0.2) is 5.79 Å². The summed E-state index contributed by atoms with van der Waals surface area (Å²) in [6.45, 7) is 9.71. The molecule has 4 fully saturated rings. The quantitative estimate of drug-likeness (QED) is 0.107. The number of fused-ring (bicyclic) bond motifs is 1. The number of carbonyl (C=O) groups excluding carboxylic acids is 6. The van der Waals surface area contributed by atoms with E-state index in [2.05, 4.69) is 10.6 Å². The van der Waals surface area contributed by atoms with E-state index in [1.165, 1.54) is 31.2 Å². The highest BCUT2D eigenvalue weighted by atomic mass is 16.8. The number of hydrogen-bond acceptors (Lipinski definition) is 14. The molecular weight excluding hydrogens is 768 g/mol. The first-order valence-corrected chi connectivity index (χ1v) is 20.3. The van der Waals surface area contributed by atoms with Crippen LogP contribution in [0.5, 0.6) is 0 Å². The molecule has 16 heteroatoms. The molecule has 322 valence electrons. The Bertz CT molecular complexity index is 1830. The molecule has 2 saturated carbocycles. The fourth-order valence-electron chi connectivity index (χ4n) is 7.58. The third-order valence-electron chi connectivity index (χ3n) is 11.0. The van der Waals surface area contributed by atoms with Gasteiger partial charge in [0.2, 0.25) is 17.9 Å². The smallest absolute Gasteiger partial charge is 0.348 e. The Hall–Kier alpha value is -4.64. The number of aliphatic hydroxyl groups is 2. The molecule has 2 saturated heterocycles. The summed E-state index contributed by atoms with van der Waals surface area (Å²) in [5.41, 5.74) is -0.417. The van der Waals surface area contributed by atoms with E-state index >= 15 is 0 Å². The first kappa shape index (κ1) is 43.9. The molecule has 1 aromatic rings. The number of amides is 2. The van der Waals surface area contributed by atoms with Crippen molar-refractivity contribution in [3.05, 3.63) is 53.1 Å². The highest BCUT2D eigenvalue weighted by Crippen LogP contribution is 2.59. The van der Waals surface area contributed by atoms with Gasteiger partial charge in [-0.1, -0.05) is 26.0 Å². The summed E-state index contributed by atoms with van der Waals surface area (Å²) < 4.78 is 35.0. The van der Waals surface area contributed by atoms with Crippen LogP contribution in [0.25, 0.3) is 6.08 Å². The molecule has 0 bridgehead atoms. The number of carbonyl (C=O) groups is 6. The first-order chi connectivity index (χ1) is 27.8. The molecule has 2 heterocycles. The zero-order chi connectivity index (χ0) is 42.9. The molecule has 4 N–H and O–H groups in total. The minimum absolute atomic E-state index is 0.0619. The van der Waals surface area contributed by atoms with Gasteiger partial charge < -0.3 is 49.3 Å². The third-order valence-corrected chi connectivity index (χ3v) is 11.0. The van der Waals surface area contributed by atoms with E-state index in [-0.39, 0.29) is 48.8 Å². The fraction of sp³-hybridized carbons (Fsp3) is 0.628. The van der Waals surface area contributed by atoms with Crippen LogP contribution in [0.2, 0.25) is 0 Å². The standard InChI is InChI=1S/C43H56N2O14/c1-23(47)34(38(51)44-29(21-46)16-18-33(49)58-41(2,3)4)45-37(50)26-19-30(35-31(20-26)57-43(59-35,27-12-13-27)28-14-15-28)55-39(52)25-10-7-24(8-11-25)9-17-32(48)56-36-40(53)54-22-42(36,5)6/h7-11,17,20,23,27-31,34-36,46-47H,12-16,18-19,21-22H2,1-6H3,(H,44,51)(H,45,50). The molecule has 0 spiro atoms. The summed E-state index contributed by atoms with van der Waals surface area (Å²) in [6.07, 6.45) is 3.16. The SMILES string of the molecule is CC(O)C(NC(=O)C1=CC2OC(C3CC3)(C3CC3)OC2C(OC(=O)c2ccc(C=CC(=O)OC3C(=O)OCC3(C)C)cc2)C1)C(=O)NC(CO)CCC(=O)OC(C)(C)C. The summed E-state index contributed by atoms with van der Waals surface area (Å²) in [5.74, 6) is -4.47. The molecule has 1 aromatic carbocycles. The monoisotopic (exact) mass is 824 g/mol. The Morgan fingerprint density at radius 2 is 1.64 bits per heavy atom. The van der Waals surface area contributed by atoms with Crippen molar-refractivity contribution in [3.63, 3.8) is 0 Å². The molecular formula is C43H56N2O14. The number of esters is 4. The average Bonchev–Trinajstić information content (AvgIpc) is 4.12. The second-order valence-electron chi connectivity index (χ2n) is 17.8. The maximum absolute atomic E-state index is 13.9. The topological polar surface area (TPSA) is 222 Å². The van der Waals surface area contributed by atoms with Crippen LogP contribution in [0, 0.1) is 17.3 Å². The molecule has 16 nitrogen and oxygen atoms in total. The second kappa shape index (κ2) is 17.5. The van der Waals surface area contributed by atoms with Crippen LogP contribution in [0.3, 0.4) is 0 Å². The lowest BCUT2D eigenvalue weighted by atomic mass is 9.90. The van der Waals surface area contributed by atoms with Gasteiger partial charge in [0.05, 0.1) is 24.3 Å². The fourth-order valence-corrected chi connectivity index (χ4v) is 7.58. The number of rotatable bonds is 16. The molecule has 2 aliphatic heterocycles. The van der Waals surface area contributed by atoms with Gasteiger partial charge in [0, 0.05) is 41.7 Å². The van der Waals surface area contributed by atoms with Crippen molar-refractivity contribution in [2.24, 2.45) is 17.3 Å². The zero-order valence-electron chi connectivity index (χ0n) is 34.4. The molecule has 5 aliphatic rings. The van der Waals surface area contributed by atoms with E-state index in [4.69, 9.17) is 28.4 Å². The Kier molecular flexibility index (Phi) is 13.0. The van der Waals surface area contributed by atoms with Crippen LogP contribution < -0.4 is 10.6 Å². The van der Waals surface area contributed by atoms with Crippen molar-refractivity contribution in [2.75, 3.05) is 13.2 Å². The summed E-state index contributed by atoms with van der Waals surface area (Å²) in [6, 6.07) is 3.98. The first-order valence-electron chi connectivity index (χ1n) is 20.3. The van der Waals surface area contributed by atoms with E-state index in [0.717, 1.165) is 25.7 Å². The van der Waals surface area contributed by atoms with E-state index in [1.807, 2.05) is 0 Å². The molecule has 2 amide bonds. The van der Waals surface area contributed by atoms with Gasteiger partial charge in [0.1, 0.15) is 36.6 Å². The minimum atomic E-state index is -1.43. The van der Waals surface area contributed by atoms with Crippen LogP contribution in [0.15, 0.2) is 42.0 Å². The van der Waals surface area contributed by atoms with Crippen molar-refractivity contribution in [1.82, 2.24) is 10.6 Å². The van der Waals surface area contributed by atoms with Gasteiger partial charge in [-0.2, -0.15) is 0 Å². The van der Waals surface area contributed by atoms with Gasteiger partial charge in [-0.25, -0.2) is 14.4 Å². The predicted octanol–water partition coefficient (Wildman–Crippen LogP) is 2.82. The highest BCUT2D eigenvalue weighted by Gasteiger charge is 2.64. The zero-order valence-corrected chi connectivity index (χ0v) is 34.4. The number of ether oxygens (including phenoxy) is 6. The molecule has 7 unspecified atom stereocenters. The molecule has 7 atom stereocenters. The Morgan fingerprint density at radius 1 is 0.983 bits per heavy atom. The molecule has 3 aliphatic carbocycles. The number of hydrogen-bond donors (Lipinski definition) is 4. The van der Waals surface area contributed by atoms with Gasteiger partial charge in [0.25, 0.3) is 0 Å². The summed E-state index contributed by atoms with van der Waals surface area (Å²) >= 11 is 0. The van der Waals surface area contributed by atoms with Crippen molar-refractivity contribution in [3.8, 4) is 0 Å². The van der Waals surface area contributed by atoms with Gasteiger partial charge >= 0.3 is 23.9 Å². The van der Waals surface area contributed by atoms with Crippen molar-refractivity contribution >= 4 is 41.8 Å². The maximum atomic E-state index is 13.9. The number of nitrogens with one attached hydrogen (secondary N) is 2. The Morgan fingerprint density at radius 3 is 2.20 bits per heavy atom. The number of benzene rings is 1. The van der Waals surface area contributed by atoms with Gasteiger partial charge in [-0.05, 0) is 89.6 Å². The minimum Gasteiger partial charge on any atom is -0.462 e. The van der Waals surface area contributed by atoms with Crippen LogP contribution in [0.1, 0.15) is 102 Å². The van der Waals surface area contributed by atoms with Crippen molar-refractivity contribution < 1.29 is 67.4 Å². The molecule has 0 aromatic heterocycles. The van der Waals surface area contributed by atoms with Crippen LogP contribution in [0.4, 0.5) is 0 Å². The molecule has 6 rings (SSSR count). The molecule has 59 heavy (non-hydrogen) atoms. The highest BCUT2D eigenvalue weighted by molar-refractivity contribution is 5.98. The number of cyclic esters (lactones) is 1. The Labute approximate surface area is 343 Å². The second-order valence-corrected chi connectivity index (χ2v) is 17.8. The molecule has 0 radical (unpaired) electrons. The van der Waals surface area contributed by atoms with Gasteiger partial charge in [-0.15, -0.1) is 0 Å².